The molecule has 2 aromatic rings. The van der Waals surface area contributed by atoms with Crippen molar-refractivity contribution in [2.24, 2.45) is 18.9 Å². The molecule has 1 fully saturated rings. The predicted octanol–water partition coefficient (Wildman–Crippen LogP) is 3.99. The number of alkyl halides is 1. The molecule has 20 heavy (non-hydrogen) atoms. The van der Waals surface area contributed by atoms with Crippen LogP contribution in [0.3, 0.4) is 0 Å². The molecule has 4 unspecified atom stereocenters. The Balaban J connectivity index is 2.24. The number of fused-ring (bicyclic) bond motifs is 1. The summed E-state index contributed by atoms with van der Waals surface area (Å²) >= 11 is 6.39. The zero-order valence-electron chi connectivity index (χ0n) is 12.9. The number of nitrogens with zero attached hydrogens (tertiary/aromatic N) is 4. The largest absolute Gasteiger partial charge is 0.308 e. The molecule has 0 saturated heterocycles. The zero-order chi connectivity index (χ0) is 14.6. The van der Waals surface area contributed by atoms with Gasteiger partial charge in [-0.1, -0.05) is 13.8 Å². The quantitative estimate of drug-likeness (QED) is 0.785. The van der Waals surface area contributed by atoms with Crippen molar-refractivity contribution in [3.05, 3.63) is 11.5 Å². The fourth-order valence-corrected chi connectivity index (χ4v) is 3.78. The van der Waals surface area contributed by atoms with Crippen molar-refractivity contribution in [3.8, 4) is 0 Å². The summed E-state index contributed by atoms with van der Waals surface area (Å²) in [4.78, 5) is 4.78. The van der Waals surface area contributed by atoms with Crippen LogP contribution in [0.2, 0.25) is 0 Å². The number of aryl methyl sites for hydroxylation is 2. The number of hydrogen-bond acceptors (Lipinski definition) is 2. The molecule has 4 nitrogen and oxygen atoms in total. The SMILES string of the molecule is Cc1nn(C)c2c1nc(C(C)Cl)n2C1CCC(C)C1C. The number of rotatable bonds is 2. The molecule has 4 atom stereocenters. The van der Waals surface area contributed by atoms with Crippen LogP contribution in [0.1, 0.15) is 56.6 Å². The van der Waals surface area contributed by atoms with E-state index in [1.54, 1.807) is 0 Å². The van der Waals surface area contributed by atoms with Gasteiger partial charge in [0.25, 0.3) is 0 Å². The Morgan fingerprint density at radius 2 is 2.00 bits per heavy atom. The normalized spacial score (nSPS) is 28.4. The molecule has 0 spiro atoms. The van der Waals surface area contributed by atoms with Gasteiger partial charge < -0.3 is 4.57 Å². The van der Waals surface area contributed by atoms with Crippen LogP contribution >= 0.6 is 11.6 Å². The summed E-state index contributed by atoms with van der Waals surface area (Å²) in [6.45, 7) is 8.71. The second-order valence-electron chi connectivity index (χ2n) is 6.32. The number of halogens is 1. The van der Waals surface area contributed by atoms with E-state index in [0.717, 1.165) is 28.6 Å². The van der Waals surface area contributed by atoms with Crippen LogP contribution < -0.4 is 0 Å². The Hall–Kier alpha value is -1.03. The van der Waals surface area contributed by atoms with E-state index < -0.39 is 0 Å². The van der Waals surface area contributed by atoms with E-state index in [-0.39, 0.29) is 5.38 Å². The third-order valence-corrected chi connectivity index (χ3v) is 5.17. The molecular weight excluding hydrogens is 272 g/mol. The minimum Gasteiger partial charge on any atom is -0.308 e. The second kappa shape index (κ2) is 4.76. The molecule has 0 aromatic carbocycles. The maximum absolute atomic E-state index is 6.39. The third kappa shape index (κ3) is 1.88. The molecule has 2 aromatic heterocycles. The minimum absolute atomic E-state index is 0.0788. The van der Waals surface area contributed by atoms with Crippen LogP contribution in [0.25, 0.3) is 11.2 Å². The Morgan fingerprint density at radius 3 is 2.55 bits per heavy atom. The van der Waals surface area contributed by atoms with Gasteiger partial charge in [0.1, 0.15) is 11.3 Å². The first-order valence-corrected chi connectivity index (χ1v) is 7.91. The highest BCUT2D eigenvalue weighted by Crippen LogP contribution is 2.43. The number of aromatic nitrogens is 4. The molecule has 1 saturated carbocycles. The van der Waals surface area contributed by atoms with E-state index in [0.29, 0.717) is 12.0 Å². The molecule has 2 heterocycles. The van der Waals surface area contributed by atoms with Crippen LogP contribution in [0.4, 0.5) is 0 Å². The third-order valence-electron chi connectivity index (χ3n) is 4.97. The van der Waals surface area contributed by atoms with Crippen LogP contribution in [0.5, 0.6) is 0 Å². The lowest BCUT2D eigenvalue weighted by Gasteiger charge is -2.23. The van der Waals surface area contributed by atoms with Gasteiger partial charge in [0.15, 0.2) is 5.65 Å². The van der Waals surface area contributed by atoms with E-state index in [1.807, 2.05) is 25.6 Å². The Morgan fingerprint density at radius 1 is 1.30 bits per heavy atom. The lowest BCUT2D eigenvalue weighted by Crippen LogP contribution is -2.18. The van der Waals surface area contributed by atoms with Gasteiger partial charge in [-0.15, -0.1) is 11.6 Å². The molecule has 110 valence electrons. The average Bonchev–Trinajstić information content (AvgIpc) is 2.99. The first-order valence-electron chi connectivity index (χ1n) is 7.47. The van der Waals surface area contributed by atoms with Gasteiger partial charge in [-0.2, -0.15) is 5.10 Å². The molecule has 1 aliphatic carbocycles. The van der Waals surface area contributed by atoms with Crippen molar-refractivity contribution >= 4 is 22.8 Å². The van der Waals surface area contributed by atoms with Crippen molar-refractivity contribution < 1.29 is 0 Å². The molecule has 0 N–H and O–H groups in total. The van der Waals surface area contributed by atoms with Crippen molar-refractivity contribution in [2.45, 2.75) is 52.0 Å². The monoisotopic (exact) mass is 294 g/mol. The average molecular weight is 295 g/mol. The molecule has 0 amide bonds. The van der Waals surface area contributed by atoms with E-state index >= 15 is 0 Å². The highest BCUT2D eigenvalue weighted by atomic mass is 35.5. The summed E-state index contributed by atoms with van der Waals surface area (Å²) < 4.78 is 4.32. The molecule has 0 radical (unpaired) electrons. The van der Waals surface area contributed by atoms with E-state index in [4.69, 9.17) is 16.6 Å². The first kappa shape index (κ1) is 13.9. The standard InChI is InChI=1S/C15H23ClN4/c1-8-6-7-12(9(8)2)20-14(10(3)16)17-13-11(4)18-19(5)15(13)20/h8-10,12H,6-7H2,1-5H3. The molecule has 0 bridgehead atoms. The van der Waals surface area contributed by atoms with Gasteiger partial charge in [-0.25, -0.2) is 4.98 Å². The van der Waals surface area contributed by atoms with Gasteiger partial charge in [0.05, 0.1) is 11.1 Å². The van der Waals surface area contributed by atoms with E-state index in [2.05, 4.69) is 23.5 Å². The fraction of sp³-hybridized carbons (Fsp3) is 0.733. The summed E-state index contributed by atoms with van der Waals surface area (Å²) in [6.07, 6.45) is 2.48. The van der Waals surface area contributed by atoms with Crippen LogP contribution in [-0.2, 0) is 7.05 Å². The molecule has 1 aliphatic rings. The van der Waals surface area contributed by atoms with Crippen LogP contribution in [-0.4, -0.2) is 19.3 Å². The van der Waals surface area contributed by atoms with Gasteiger partial charge >= 0.3 is 0 Å². The van der Waals surface area contributed by atoms with E-state index in [1.165, 1.54) is 12.8 Å². The Bertz CT molecular complexity index is 640. The Labute approximate surface area is 125 Å². The van der Waals surface area contributed by atoms with Crippen LogP contribution in [0.15, 0.2) is 0 Å². The highest BCUT2D eigenvalue weighted by Gasteiger charge is 2.35. The van der Waals surface area contributed by atoms with Crippen molar-refractivity contribution in [3.63, 3.8) is 0 Å². The van der Waals surface area contributed by atoms with Crippen LogP contribution in [0, 0.1) is 18.8 Å². The highest BCUT2D eigenvalue weighted by molar-refractivity contribution is 6.20. The zero-order valence-corrected chi connectivity index (χ0v) is 13.6. The minimum atomic E-state index is -0.0788. The fourth-order valence-electron chi connectivity index (χ4n) is 3.62. The first-order chi connectivity index (χ1) is 9.41. The van der Waals surface area contributed by atoms with Crippen molar-refractivity contribution in [1.29, 1.82) is 0 Å². The number of imidazole rings is 1. The lowest BCUT2D eigenvalue weighted by molar-refractivity contribution is 0.349. The van der Waals surface area contributed by atoms with Gasteiger partial charge in [0.2, 0.25) is 0 Å². The predicted molar refractivity (Wildman–Crippen MR) is 82.1 cm³/mol. The maximum atomic E-state index is 6.39. The van der Waals surface area contributed by atoms with Crippen molar-refractivity contribution in [1.82, 2.24) is 19.3 Å². The maximum Gasteiger partial charge on any atom is 0.158 e. The molecule has 0 aliphatic heterocycles. The summed E-state index contributed by atoms with van der Waals surface area (Å²) in [5.41, 5.74) is 3.11. The van der Waals surface area contributed by atoms with Crippen molar-refractivity contribution in [2.75, 3.05) is 0 Å². The molecule has 3 rings (SSSR count). The Kier molecular flexibility index (Phi) is 3.32. The summed E-state index contributed by atoms with van der Waals surface area (Å²) in [6, 6.07) is 0.487. The molecular formula is C15H23ClN4. The topological polar surface area (TPSA) is 35.6 Å². The summed E-state index contributed by atoms with van der Waals surface area (Å²) in [5.74, 6) is 2.39. The smallest absolute Gasteiger partial charge is 0.158 e. The van der Waals surface area contributed by atoms with Gasteiger partial charge in [0, 0.05) is 13.1 Å². The second-order valence-corrected chi connectivity index (χ2v) is 6.97. The summed E-state index contributed by atoms with van der Waals surface area (Å²) in [7, 11) is 2.00. The van der Waals surface area contributed by atoms with Gasteiger partial charge in [-0.3, -0.25) is 4.68 Å². The molecule has 5 heteroatoms. The van der Waals surface area contributed by atoms with Gasteiger partial charge in [-0.05, 0) is 38.5 Å². The lowest BCUT2D eigenvalue weighted by atomic mass is 9.97. The number of hydrogen-bond donors (Lipinski definition) is 0. The van der Waals surface area contributed by atoms with E-state index in [9.17, 15) is 0 Å². The summed E-state index contributed by atoms with van der Waals surface area (Å²) in [5, 5.41) is 4.44.